The van der Waals surface area contributed by atoms with E-state index in [2.05, 4.69) is 6.58 Å². The zero-order chi connectivity index (χ0) is 28.3. The molecule has 1 unspecified atom stereocenters. The first-order valence-corrected chi connectivity index (χ1v) is 13.4. The second kappa shape index (κ2) is 9.84. The van der Waals surface area contributed by atoms with Crippen LogP contribution in [0.15, 0.2) is 30.9 Å². The average molecular weight is 572 g/mol. The van der Waals surface area contributed by atoms with E-state index in [0.717, 1.165) is 0 Å². The lowest BCUT2D eigenvalue weighted by molar-refractivity contribution is -0.128. The normalized spacial score (nSPS) is 24.0. The number of aromatic hydroxyl groups is 1. The number of pyridine rings is 1. The van der Waals surface area contributed by atoms with E-state index >= 15 is 4.39 Å². The molecule has 0 bridgehead atoms. The Balaban J connectivity index is 1.50. The highest BCUT2D eigenvalue weighted by atomic mass is 35.5. The number of fused-ring (bicyclic) bond motifs is 3. The number of ether oxygens (including phenoxy) is 2. The second-order valence-electron chi connectivity index (χ2n) is 10.2. The van der Waals surface area contributed by atoms with Crippen LogP contribution in [0.1, 0.15) is 17.3 Å². The molecule has 1 aromatic heterocycles. The number of phenolic OH excluding ortho intramolecular Hbond substituents is 1. The van der Waals surface area contributed by atoms with E-state index in [1.807, 2.05) is 11.8 Å². The van der Waals surface area contributed by atoms with Crippen LogP contribution in [0, 0.1) is 5.82 Å². The van der Waals surface area contributed by atoms with E-state index in [1.165, 1.54) is 24.3 Å². The molecule has 1 aromatic carbocycles. The molecular weight excluding hydrogens is 545 g/mol. The van der Waals surface area contributed by atoms with E-state index in [-0.39, 0.29) is 89.4 Å². The molecule has 2 aromatic rings. The van der Waals surface area contributed by atoms with Gasteiger partial charge in [-0.05, 0) is 25.1 Å². The summed E-state index contributed by atoms with van der Waals surface area (Å²) in [5.74, 6) is -1.51. The number of cyclic esters (lactones) is 1. The van der Waals surface area contributed by atoms with Crippen LogP contribution in [0.3, 0.4) is 0 Å². The van der Waals surface area contributed by atoms with Gasteiger partial charge in [0.15, 0.2) is 5.75 Å². The first-order valence-electron chi connectivity index (χ1n) is 13.0. The monoisotopic (exact) mass is 571 g/mol. The summed E-state index contributed by atoms with van der Waals surface area (Å²) in [6.07, 6.45) is 0.833. The summed E-state index contributed by atoms with van der Waals surface area (Å²) in [5, 5.41) is 10.5. The SMILES string of the molecule is C=CC(=O)N1CCN2C(=O)c3c(N4CCN5C(=O)OCC5[C@@H]4C)nc(-c4c(O)cccc4F)c(Cl)c3OC[C@H]2C1. The molecule has 13 heteroatoms. The van der Waals surface area contributed by atoms with Gasteiger partial charge in [0.1, 0.15) is 46.9 Å². The molecule has 3 saturated heterocycles. The minimum atomic E-state index is -0.746. The van der Waals surface area contributed by atoms with Crippen LogP contribution in [-0.2, 0) is 9.53 Å². The molecule has 11 nitrogen and oxygen atoms in total. The maximum Gasteiger partial charge on any atom is 0.410 e. The highest BCUT2D eigenvalue weighted by Crippen LogP contribution is 2.46. The maximum atomic E-state index is 15.1. The number of nitrogens with zero attached hydrogens (tertiary/aromatic N) is 5. The number of phenols is 1. The number of piperazine rings is 2. The fourth-order valence-corrected chi connectivity index (χ4v) is 6.23. The highest BCUT2D eigenvalue weighted by Gasteiger charge is 2.46. The van der Waals surface area contributed by atoms with Gasteiger partial charge in [-0.25, -0.2) is 14.2 Å². The number of aromatic nitrogens is 1. The van der Waals surface area contributed by atoms with E-state index in [0.29, 0.717) is 19.6 Å². The van der Waals surface area contributed by atoms with Crippen molar-refractivity contribution in [3.63, 3.8) is 0 Å². The predicted octanol–water partition coefficient (Wildman–Crippen LogP) is 2.51. The van der Waals surface area contributed by atoms with Crippen molar-refractivity contribution in [3.8, 4) is 22.8 Å². The van der Waals surface area contributed by atoms with Gasteiger partial charge in [0.25, 0.3) is 5.91 Å². The zero-order valence-electron chi connectivity index (χ0n) is 21.7. The Labute approximate surface area is 234 Å². The number of hydrogen-bond donors (Lipinski definition) is 1. The summed E-state index contributed by atoms with van der Waals surface area (Å²) in [7, 11) is 0. The number of halogens is 2. The topological polar surface area (TPSA) is 116 Å². The third-order valence-electron chi connectivity index (χ3n) is 8.08. The lowest BCUT2D eigenvalue weighted by atomic mass is 10.0. The summed E-state index contributed by atoms with van der Waals surface area (Å²) in [5.41, 5.74) is -0.181. The Bertz CT molecular complexity index is 1420. The quantitative estimate of drug-likeness (QED) is 0.559. The van der Waals surface area contributed by atoms with Gasteiger partial charge >= 0.3 is 6.09 Å². The highest BCUT2D eigenvalue weighted by molar-refractivity contribution is 6.35. The van der Waals surface area contributed by atoms with Crippen LogP contribution in [-0.4, -0.2) is 107 Å². The van der Waals surface area contributed by atoms with E-state index in [1.54, 1.807) is 14.7 Å². The first-order chi connectivity index (χ1) is 19.2. The smallest absolute Gasteiger partial charge is 0.410 e. The molecule has 40 heavy (non-hydrogen) atoms. The molecule has 6 rings (SSSR count). The molecule has 5 heterocycles. The summed E-state index contributed by atoms with van der Waals surface area (Å²) >= 11 is 6.79. The fourth-order valence-electron chi connectivity index (χ4n) is 5.94. The number of anilines is 1. The van der Waals surface area contributed by atoms with E-state index in [9.17, 15) is 19.5 Å². The molecular formula is C27H27ClFN5O6. The van der Waals surface area contributed by atoms with Crippen LogP contribution in [0.2, 0.25) is 5.02 Å². The Kier molecular flexibility index (Phi) is 6.44. The van der Waals surface area contributed by atoms with Crippen molar-refractivity contribution >= 4 is 35.3 Å². The van der Waals surface area contributed by atoms with Gasteiger partial charge in [0.2, 0.25) is 5.91 Å². The first kappa shape index (κ1) is 26.2. The van der Waals surface area contributed by atoms with Crippen molar-refractivity contribution < 1.29 is 33.4 Å². The van der Waals surface area contributed by atoms with Crippen molar-refractivity contribution in [2.45, 2.75) is 25.0 Å². The van der Waals surface area contributed by atoms with Crippen molar-refractivity contribution in [1.82, 2.24) is 19.7 Å². The average Bonchev–Trinajstić information content (AvgIpc) is 3.26. The minimum absolute atomic E-state index is 0.0266. The molecule has 210 valence electrons. The van der Waals surface area contributed by atoms with Gasteiger partial charge in [0.05, 0.1) is 23.7 Å². The Morgan fingerprint density at radius 3 is 2.62 bits per heavy atom. The van der Waals surface area contributed by atoms with Crippen LogP contribution in [0.25, 0.3) is 11.3 Å². The van der Waals surface area contributed by atoms with Crippen molar-refractivity contribution in [3.05, 3.63) is 47.3 Å². The van der Waals surface area contributed by atoms with Crippen LogP contribution >= 0.6 is 11.6 Å². The summed E-state index contributed by atoms with van der Waals surface area (Å²) in [4.78, 5) is 50.2. The van der Waals surface area contributed by atoms with Crippen LogP contribution < -0.4 is 9.64 Å². The Hall–Kier alpha value is -4.06. The number of amides is 3. The number of benzene rings is 1. The minimum Gasteiger partial charge on any atom is -0.507 e. The van der Waals surface area contributed by atoms with Gasteiger partial charge in [-0.15, -0.1) is 0 Å². The van der Waals surface area contributed by atoms with Gasteiger partial charge in [-0.2, -0.15) is 0 Å². The molecule has 0 spiro atoms. The maximum absolute atomic E-state index is 15.1. The lowest BCUT2D eigenvalue weighted by Crippen LogP contribution is -2.59. The van der Waals surface area contributed by atoms with Crippen molar-refractivity contribution in [2.24, 2.45) is 0 Å². The van der Waals surface area contributed by atoms with Crippen molar-refractivity contribution in [2.75, 3.05) is 50.8 Å². The van der Waals surface area contributed by atoms with E-state index < -0.39 is 18.0 Å². The summed E-state index contributed by atoms with van der Waals surface area (Å²) < 4.78 is 26.5. The molecule has 0 aliphatic carbocycles. The van der Waals surface area contributed by atoms with E-state index in [4.69, 9.17) is 26.1 Å². The number of carbonyl (C=O) groups is 3. The molecule has 3 fully saturated rings. The predicted molar refractivity (Wildman–Crippen MR) is 142 cm³/mol. The van der Waals surface area contributed by atoms with Gasteiger partial charge in [-0.1, -0.05) is 24.2 Å². The summed E-state index contributed by atoms with van der Waals surface area (Å²) in [6, 6.07) is 2.78. The molecule has 3 amide bonds. The van der Waals surface area contributed by atoms with Crippen LogP contribution in [0.4, 0.5) is 15.0 Å². The third kappa shape index (κ3) is 4.00. The Morgan fingerprint density at radius 2 is 1.88 bits per heavy atom. The molecule has 4 aliphatic rings. The standard InChI is InChI=1S/C27H27ClFN5O6/c1-3-19(36)31-7-8-33-15(11-31)12-39-24-21(26(33)37)25(32-9-10-34-17(14(32)2)13-40-27(34)38)30-23(22(24)28)20-16(29)5-4-6-18(20)35/h3-6,14-15,17,35H,1,7-13H2,2H3/t14-,15+,17?/m0/s1. The molecule has 1 N–H and O–H groups in total. The zero-order valence-corrected chi connectivity index (χ0v) is 22.4. The van der Waals surface area contributed by atoms with Gasteiger partial charge in [0, 0.05) is 32.7 Å². The molecule has 4 aliphatic heterocycles. The number of carbonyl (C=O) groups excluding carboxylic acids is 3. The summed E-state index contributed by atoms with van der Waals surface area (Å²) in [6.45, 7) is 7.10. The van der Waals surface area contributed by atoms with Gasteiger partial charge in [-0.3, -0.25) is 14.5 Å². The largest absolute Gasteiger partial charge is 0.507 e. The Morgan fingerprint density at radius 1 is 1.12 bits per heavy atom. The van der Waals surface area contributed by atoms with Crippen molar-refractivity contribution in [1.29, 1.82) is 0 Å². The molecule has 3 atom stereocenters. The third-order valence-corrected chi connectivity index (χ3v) is 8.43. The number of hydrogen-bond acceptors (Lipinski definition) is 8. The van der Waals surface area contributed by atoms with Crippen LogP contribution in [0.5, 0.6) is 11.5 Å². The number of rotatable bonds is 3. The molecule has 0 radical (unpaired) electrons. The lowest BCUT2D eigenvalue weighted by Gasteiger charge is -2.43. The fraction of sp³-hybridized carbons (Fsp3) is 0.407. The second-order valence-corrected chi connectivity index (χ2v) is 10.5. The van der Waals surface area contributed by atoms with Gasteiger partial charge < -0.3 is 29.3 Å². The molecule has 0 saturated carbocycles.